The van der Waals surface area contributed by atoms with Gasteiger partial charge in [0.15, 0.2) is 0 Å². The van der Waals surface area contributed by atoms with Crippen LogP contribution in [0.4, 0.5) is 11.6 Å². The van der Waals surface area contributed by atoms with Crippen LogP contribution in [0.2, 0.25) is 5.02 Å². The van der Waals surface area contributed by atoms with Crippen molar-refractivity contribution in [3.63, 3.8) is 0 Å². The minimum Gasteiger partial charge on any atom is -0.497 e. The van der Waals surface area contributed by atoms with Crippen LogP contribution in [0.25, 0.3) is 15.9 Å². The standard InChI is InChI=1S/C25H23ClN4O3S/c1-33-20-6-2-5-19(14-20)30-24(32)22-21(11-13-34-22)28-25(30)29-12-3-4-16(15-29)23(31)27-18-9-7-17(26)8-10-18/h2,5-11,13-14,16H,3-4,12,15H2,1H3,(H,27,31). The van der Waals surface area contributed by atoms with Gasteiger partial charge in [0.2, 0.25) is 11.9 Å². The quantitative estimate of drug-likeness (QED) is 0.424. The summed E-state index contributed by atoms with van der Waals surface area (Å²) in [6.07, 6.45) is 1.58. The summed E-state index contributed by atoms with van der Waals surface area (Å²) in [5.41, 5.74) is 1.92. The molecular formula is C25H23ClN4O3S. The first-order valence-corrected chi connectivity index (χ1v) is 12.3. The molecule has 174 valence electrons. The lowest BCUT2D eigenvalue weighted by Gasteiger charge is -2.34. The summed E-state index contributed by atoms with van der Waals surface area (Å²) in [6.45, 7) is 1.17. The van der Waals surface area contributed by atoms with E-state index >= 15 is 0 Å². The van der Waals surface area contributed by atoms with E-state index in [4.69, 9.17) is 21.3 Å². The van der Waals surface area contributed by atoms with Crippen LogP contribution in [-0.2, 0) is 4.79 Å². The molecule has 7 nitrogen and oxygen atoms in total. The minimum absolute atomic E-state index is 0.0566. The van der Waals surface area contributed by atoms with E-state index in [9.17, 15) is 9.59 Å². The number of amides is 1. The van der Waals surface area contributed by atoms with Crippen molar-refractivity contribution >= 4 is 50.7 Å². The molecule has 2 aromatic carbocycles. The Balaban J connectivity index is 1.50. The molecule has 1 fully saturated rings. The zero-order chi connectivity index (χ0) is 23.7. The summed E-state index contributed by atoms with van der Waals surface area (Å²) in [6, 6.07) is 16.3. The average Bonchev–Trinajstić information content (AvgIpc) is 3.35. The summed E-state index contributed by atoms with van der Waals surface area (Å²) in [4.78, 5) is 33.4. The number of thiophene rings is 1. The molecule has 2 aromatic heterocycles. The number of carbonyl (C=O) groups excluding carboxylic acids is 1. The van der Waals surface area contributed by atoms with E-state index in [-0.39, 0.29) is 17.4 Å². The van der Waals surface area contributed by atoms with Crippen molar-refractivity contribution in [1.29, 1.82) is 0 Å². The molecule has 1 aliphatic heterocycles. The van der Waals surface area contributed by atoms with Gasteiger partial charge in [0, 0.05) is 29.9 Å². The fourth-order valence-electron chi connectivity index (χ4n) is 4.25. The number of hydrogen-bond donors (Lipinski definition) is 1. The number of hydrogen-bond acceptors (Lipinski definition) is 6. The van der Waals surface area contributed by atoms with Crippen LogP contribution in [0.5, 0.6) is 5.75 Å². The number of ether oxygens (including phenoxy) is 1. The topological polar surface area (TPSA) is 76.5 Å². The SMILES string of the molecule is COc1cccc(-n2c(N3CCCC(C(=O)Nc4ccc(Cl)cc4)C3)nc3ccsc3c2=O)c1. The average molecular weight is 495 g/mol. The third-order valence-electron chi connectivity index (χ3n) is 5.96. The van der Waals surface area contributed by atoms with E-state index in [1.807, 2.05) is 40.6 Å². The Morgan fingerprint density at radius 3 is 2.82 bits per heavy atom. The number of rotatable bonds is 5. The van der Waals surface area contributed by atoms with Crippen LogP contribution in [0.3, 0.4) is 0 Å². The predicted molar refractivity (Wildman–Crippen MR) is 137 cm³/mol. The summed E-state index contributed by atoms with van der Waals surface area (Å²) in [5.74, 6) is 0.894. The van der Waals surface area contributed by atoms with Crippen molar-refractivity contribution in [3.8, 4) is 11.4 Å². The molecule has 1 aliphatic rings. The van der Waals surface area contributed by atoms with Gasteiger partial charge in [0.05, 0.1) is 24.2 Å². The van der Waals surface area contributed by atoms with Crippen molar-refractivity contribution in [2.45, 2.75) is 12.8 Å². The van der Waals surface area contributed by atoms with Crippen molar-refractivity contribution in [2.75, 3.05) is 30.4 Å². The maximum Gasteiger partial charge on any atom is 0.277 e. The van der Waals surface area contributed by atoms with Gasteiger partial charge in [-0.1, -0.05) is 17.7 Å². The predicted octanol–water partition coefficient (Wildman–Crippen LogP) is 4.96. The van der Waals surface area contributed by atoms with Crippen molar-refractivity contribution in [1.82, 2.24) is 9.55 Å². The number of carbonyl (C=O) groups is 1. The smallest absolute Gasteiger partial charge is 0.277 e. The third kappa shape index (κ3) is 4.38. The Kier molecular flexibility index (Phi) is 6.26. The Labute approximate surface area is 205 Å². The van der Waals surface area contributed by atoms with Gasteiger partial charge < -0.3 is 15.0 Å². The number of halogens is 1. The van der Waals surface area contributed by atoms with Crippen LogP contribution in [0.1, 0.15) is 12.8 Å². The summed E-state index contributed by atoms with van der Waals surface area (Å²) in [7, 11) is 1.60. The number of methoxy groups -OCH3 is 1. The number of aromatic nitrogens is 2. The first-order valence-electron chi connectivity index (χ1n) is 11.0. The third-order valence-corrected chi connectivity index (χ3v) is 7.10. The maximum atomic E-state index is 13.5. The van der Waals surface area contributed by atoms with E-state index in [1.54, 1.807) is 35.9 Å². The van der Waals surface area contributed by atoms with Crippen LogP contribution >= 0.6 is 22.9 Å². The Hall–Kier alpha value is -3.36. The lowest BCUT2D eigenvalue weighted by molar-refractivity contribution is -0.120. The number of nitrogens with one attached hydrogen (secondary N) is 1. The fourth-order valence-corrected chi connectivity index (χ4v) is 5.13. The summed E-state index contributed by atoms with van der Waals surface area (Å²) < 4.78 is 7.60. The maximum absolute atomic E-state index is 13.5. The van der Waals surface area contributed by atoms with Gasteiger partial charge in [-0.2, -0.15) is 0 Å². The van der Waals surface area contributed by atoms with Crippen LogP contribution in [0.15, 0.2) is 64.8 Å². The van der Waals surface area contributed by atoms with Crippen LogP contribution < -0.4 is 20.5 Å². The van der Waals surface area contributed by atoms with Crippen LogP contribution in [-0.4, -0.2) is 35.7 Å². The molecule has 0 aliphatic carbocycles. The van der Waals surface area contributed by atoms with Crippen molar-refractivity contribution in [2.24, 2.45) is 5.92 Å². The molecule has 4 aromatic rings. The molecule has 5 rings (SSSR count). The Bertz CT molecular complexity index is 1400. The van der Waals surface area contributed by atoms with Gasteiger partial charge >= 0.3 is 0 Å². The minimum atomic E-state index is -0.238. The monoisotopic (exact) mass is 494 g/mol. The van der Waals surface area contributed by atoms with Gasteiger partial charge in [-0.3, -0.25) is 9.59 Å². The molecule has 0 bridgehead atoms. The van der Waals surface area contributed by atoms with Gasteiger partial charge in [0.25, 0.3) is 5.56 Å². The van der Waals surface area contributed by atoms with E-state index in [0.29, 0.717) is 51.4 Å². The second kappa shape index (κ2) is 9.48. The second-order valence-corrected chi connectivity index (χ2v) is 9.52. The van der Waals surface area contributed by atoms with Crippen molar-refractivity contribution in [3.05, 3.63) is 75.4 Å². The molecule has 34 heavy (non-hydrogen) atoms. The van der Waals surface area contributed by atoms with Gasteiger partial charge in [-0.05, 0) is 60.7 Å². The molecule has 1 N–H and O–H groups in total. The van der Waals surface area contributed by atoms with E-state index in [0.717, 1.165) is 12.8 Å². The number of nitrogens with zero attached hydrogens (tertiary/aromatic N) is 3. The van der Waals surface area contributed by atoms with E-state index < -0.39 is 0 Å². The molecule has 1 atom stereocenters. The zero-order valence-electron chi connectivity index (χ0n) is 18.5. The van der Waals surface area contributed by atoms with Gasteiger partial charge in [-0.15, -0.1) is 11.3 Å². The fraction of sp³-hybridized carbons (Fsp3) is 0.240. The molecular weight excluding hydrogens is 472 g/mol. The molecule has 3 heterocycles. The number of anilines is 2. The number of fused-ring (bicyclic) bond motifs is 1. The highest BCUT2D eigenvalue weighted by molar-refractivity contribution is 7.17. The Morgan fingerprint density at radius 1 is 1.21 bits per heavy atom. The van der Waals surface area contributed by atoms with Gasteiger partial charge in [0.1, 0.15) is 10.4 Å². The molecule has 0 saturated carbocycles. The summed E-state index contributed by atoms with van der Waals surface area (Å²) >= 11 is 7.33. The zero-order valence-corrected chi connectivity index (χ0v) is 20.1. The highest BCUT2D eigenvalue weighted by atomic mass is 35.5. The number of piperidine rings is 1. The lowest BCUT2D eigenvalue weighted by Crippen LogP contribution is -2.43. The molecule has 1 unspecified atom stereocenters. The molecule has 1 saturated heterocycles. The molecule has 9 heteroatoms. The first kappa shape index (κ1) is 22.4. The molecule has 0 spiro atoms. The lowest BCUT2D eigenvalue weighted by atomic mass is 9.97. The normalized spacial score (nSPS) is 15.9. The summed E-state index contributed by atoms with van der Waals surface area (Å²) in [5, 5.41) is 5.47. The highest BCUT2D eigenvalue weighted by Crippen LogP contribution is 2.28. The number of benzene rings is 2. The largest absolute Gasteiger partial charge is 0.497 e. The molecule has 1 amide bonds. The first-order chi connectivity index (χ1) is 16.5. The van der Waals surface area contributed by atoms with Crippen LogP contribution in [0, 0.1) is 5.92 Å². The van der Waals surface area contributed by atoms with E-state index in [2.05, 4.69) is 5.32 Å². The second-order valence-electron chi connectivity index (χ2n) is 8.17. The highest BCUT2D eigenvalue weighted by Gasteiger charge is 2.29. The van der Waals surface area contributed by atoms with E-state index in [1.165, 1.54) is 11.3 Å². The van der Waals surface area contributed by atoms with Crippen molar-refractivity contribution < 1.29 is 9.53 Å². The van der Waals surface area contributed by atoms with Gasteiger partial charge in [-0.25, -0.2) is 9.55 Å². The Morgan fingerprint density at radius 2 is 2.03 bits per heavy atom. The molecule has 0 radical (unpaired) electrons.